The first-order valence-corrected chi connectivity index (χ1v) is 5.94. The highest BCUT2D eigenvalue weighted by molar-refractivity contribution is 5.97. The van der Waals surface area contributed by atoms with Gasteiger partial charge in [-0.05, 0) is 0 Å². The molecule has 0 aliphatic heterocycles. The van der Waals surface area contributed by atoms with Crippen molar-refractivity contribution in [2.24, 2.45) is 0 Å². The normalized spacial score (nSPS) is 10.3. The summed E-state index contributed by atoms with van der Waals surface area (Å²) in [5.41, 5.74) is 0.705. The highest BCUT2D eigenvalue weighted by atomic mass is 16.5. The lowest BCUT2D eigenvalue weighted by Gasteiger charge is -2.19. The quantitative estimate of drug-likeness (QED) is 0.655. The lowest BCUT2D eigenvalue weighted by Crippen LogP contribution is -2.33. The summed E-state index contributed by atoms with van der Waals surface area (Å²) in [6, 6.07) is 11.3. The van der Waals surface area contributed by atoms with E-state index < -0.39 is 0 Å². The standard InChI is InChI=1S/C14H18N2O2/c1-18-11-10-16(9-5-8-15)12-14(17)13-6-3-2-4-7-13/h2-4,6-7H,5,9-12H2,1H3. The van der Waals surface area contributed by atoms with E-state index in [1.807, 2.05) is 23.1 Å². The van der Waals surface area contributed by atoms with E-state index in [0.29, 0.717) is 38.2 Å². The lowest BCUT2D eigenvalue weighted by molar-refractivity contribution is 0.0898. The second kappa shape index (κ2) is 8.40. The predicted molar refractivity (Wildman–Crippen MR) is 69.3 cm³/mol. The van der Waals surface area contributed by atoms with Crippen LogP contribution in [0.2, 0.25) is 0 Å². The lowest BCUT2D eigenvalue weighted by atomic mass is 10.1. The summed E-state index contributed by atoms with van der Waals surface area (Å²) in [7, 11) is 1.63. The van der Waals surface area contributed by atoms with Gasteiger partial charge in [-0.3, -0.25) is 9.69 Å². The van der Waals surface area contributed by atoms with Gasteiger partial charge < -0.3 is 4.74 Å². The van der Waals surface area contributed by atoms with E-state index in [-0.39, 0.29) is 5.78 Å². The van der Waals surface area contributed by atoms with Gasteiger partial charge in [-0.1, -0.05) is 30.3 Å². The summed E-state index contributed by atoms with van der Waals surface area (Å²) in [6.07, 6.45) is 0.422. The third kappa shape index (κ3) is 5.09. The first-order valence-electron chi connectivity index (χ1n) is 5.94. The Morgan fingerprint density at radius 2 is 2.06 bits per heavy atom. The molecule has 0 aliphatic carbocycles. The Hall–Kier alpha value is -1.70. The molecular weight excluding hydrogens is 228 g/mol. The first kappa shape index (κ1) is 14.4. The summed E-state index contributed by atoms with van der Waals surface area (Å²) in [6.45, 7) is 2.15. The van der Waals surface area contributed by atoms with Gasteiger partial charge in [0.15, 0.2) is 5.78 Å². The van der Waals surface area contributed by atoms with Gasteiger partial charge in [-0.2, -0.15) is 5.26 Å². The maximum Gasteiger partial charge on any atom is 0.176 e. The number of carbonyl (C=O) groups excluding carboxylic acids is 1. The van der Waals surface area contributed by atoms with Crippen molar-refractivity contribution in [1.82, 2.24) is 4.90 Å². The molecule has 0 N–H and O–H groups in total. The van der Waals surface area contributed by atoms with Crippen LogP contribution in [0.4, 0.5) is 0 Å². The molecule has 0 aromatic heterocycles. The summed E-state index contributed by atoms with van der Waals surface area (Å²) in [5, 5.41) is 8.60. The summed E-state index contributed by atoms with van der Waals surface area (Å²) in [4.78, 5) is 14.0. The summed E-state index contributed by atoms with van der Waals surface area (Å²) >= 11 is 0. The van der Waals surface area contributed by atoms with Crippen molar-refractivity contribution < 1.29 is 9.53 Å². The average Bonchev–Trinajstić information content (AvgIpc) is 2.42. The molecule has 96 valence electrons. The molecule has 0 fully saturated rings. The van der Waals surface area contributed by atoms with Crippen LogP contribution in [0, 0.1) is 11.3 Å². The van der Waals surface area contributed by atoms with Crippen molar-refractivity contribution in [3.63, 3.8) is 0 Å². The fourth-order valence-corrected chi connectivity index (χ4v) is 1.62. The molecular formula is C14H18N2O2. The molecule has 0 bridgehead atoms. The van der Waals surface area contributed by atoms with Crippen LogP contribution in [-0.4, -0.2) is 44.0 Å². The monoisotopic (exact) mass is 246 g/mol. The van der Waals surface area contributed by atoms with E-state index in [0.717, 1.165) is 0 Å². The molecule has 0 spiro atoms. The van der Waals surface area contributed by atoms with Crippen molar-refractivity contribution in [3.8, 4) is 6.07 Å². The molecule has 0 heterocycles. The van der Waals surface area contributed by atoms with Crippen molar-refractivity contribution in [3.05, 3.63) is 35.9 Å². The largest absolute Gasteiger partial charge is 0.383 e. The minimum Gasteiger partial charge on any atom is -0.383 e. The summed E-state index contributed by atoms with van der Waals surface area (Å²) < 4.78 is 5.00. The minimum absolute atomic E-state index is 0.0737. The van der Waals surface area contributed by atoms with Crippen LogP contribution in [0.25, 0.3) is 0 Å². The van der Waals surface area contributed by atoms with E-state index in [1.54, 1.807) is 19.2 Å². The SMILES string of the molecule is COCCN(CCC#N)CC(=O)c1ccccc1. The number of nitriles is 1. The molecule has 0 radical (unpaired) electrons. The third-order valence-corrected chi connectivity index (χ3v) is 2.61. The maximum atomic E-state index is 12.0. The van der Waals surface area contributed by atoms with E-state index in [4.69, 9.17) is 10.00 Å². The minimum atomic E-state index is 0.0737. The van der Waals surface area contributed by atoms with Gasteiger partial charge in [0.25, 0.3) is 0 Å². The fourth-order valence-electron chi connectivity index (χ4n) is 1.62. The van der Waals surface area contributed by atoms with Gasteiger partial charge in [0, 0.05) is 32.2 Å². The average molecular weight is 246 g/mol. The van der Waals surface area contributed by atoms with E-state index >= 15 is 0 Å². The Labute approximate surface area is 108 Å². The number of nitrogens with zero attached hydrogens (tertiary/aromatic N) is 2. The second-order valence-corrected chi connectivity index (χ2v) is 3.97. The fraction of sp³-hybridized carbons (Fsp3) is 0.429. The van der Waals surface area contributed by atoms with Crippen molar-refractivity contribution in [2.75, 3.05) is 33.4 Å². The zero-order valence-electron chi connectivity index (χ0n) is 10.6. The predicted octanol–water partition coefficient (Wildman–Crippen LogP) is 1.73. The van der Waals surface area contributed by atoms with E-state index in [2.05, 4.69) is 6.07 Å². The first-order chi connectivity index (χ1) is 8.77. The number of rotatable bonds is 8. The topological polar surface area (TPSA) is 53.3 Å². The number of carbonyl (C=O) groups is 1. The number of hydrogen-bond donors (Lipinski definition) is 0. The molecule has 0 saturated heterocycles. The van der Waals surface area contributed by atoms with Crippen LogP contribution < -0.4 is 0 Å². The zero-order valence-corrected chi connectivity index (χ0v) is 10.6. The number of methoxy groups -OCH3 is 1. The van der Waals surface area contributed by atoms with Gasteiger partial charge in [0.1, 0.15) is 0 Å². The van der Waals surface area contributed by atoms with Crippen LogP contribution in [0.3, 0.4) is 0 Å². The molecule has 0 amide bonds. The number of Topliss-reactive ketones (excluding diaryl/α,β-unsaturated/α-hetero) is 1. The van der Waals surface area contributed by atoms with Crippen LogP contribution in [-0.2, 0) is 4.74 Å². The van der Waals surface area contributed by atoms with Crippen LogP contribution >= 0.6 is 0 Å². The highest BCUT2D eigenvalue weighted by Gasteiger charge is 2.11. The highest BCUT2D eigenvalue weighted by Crippen LogP contribution is 2.02. The molecule has 18 heavy (non-hydrogen) atoms. The van der Waals surface area contributed by atoms with Crippen molar-refractivity contribution in [1.29, 1.82) is 5.26 Å². The molecule has 4 heteroatoms. The van der Waals surface area contributed by atoms with Crippen molar-refractivity contribution in [2.45, 2.75) is 6.42 Å². The molecule has 0 aliphatic rings. The number of ether oxygens (including phenoxy) is 1. The maximum absolute atomic E-state index is 12.0. The summed E-state index contributed by atoms with van der Waals surface area (Å²) in [5.74, 6) is 0.0737. The Bertz CT molecular complexity index is 398. The van der Waals surface area contributed by atoms with Gasteiger partial charge in [-0.25, -0.2) is 0 Å². The van der Waals surface area contributed by atoms with E-state index in [9.17, 15) is 4.79 Å². The Morgan fingerprint density at radius 1 is 1.33 bits per heavy atom. The molecule has 4 nitrogen and oxygen atoms in total. The van der Waals surface area contributed by atoms with Gasteiger partial charge in [-0.15, -0.1) is 0 Å². The van der Waals surface area contributed by atoms with Crippen LogP contribution in [0.5, 0.6) is 0 Å². The third-order valence-electron chi connectivity index (χ3n) is 2.61. The van der Waals surface area contributed by atoms with Crippen LogP contribution in [0.1, 0.15) is 16.8 Å². The molecule has 1 aromatic carbocycles. The number of ketones is 1. The number of benzene rings is 1. The van der Waals surface area contributed by atoms with Crippen molar-refractivity contribution >= 4 is 5.78 Å². The Morgan fingerprint density at radius 3 is 2.67 bits per heavy atom. The molecule has 0 unspecified atom stereocenters. The van der Waals surface area contributed by atoms with Gasteiger partial charge in [0.2, 0.25) is 0 Å². The van der Waals surface area contributed by atoms with E-state index in [1.165, 1.54) is 0 Å². The Kier molecular flexibility index (Phi) is 6.70. The van der Waals surface area contributed by atoms with Crippen LogP contribution in [0.15, 0.2) is 30.3 Å². The number of hydrogen-bond acceptors (Lipinski definition) is 4. The molecule has 0 saturated carbocycles. The second-order valence-electron chi connectivity index (χ2n) is 3.97. The smallest absolute Gasteiger partial charge is 0.176 e. The Balaban J connectivity index is 2.54. The zero-order chi connectivity index (χ0) is 13.2. The van der Waals surface area contributed by atoms with Gasteiger partial charge in [0.05, 0.1) is 19.2 Å². The molecule has 1 aromatic rings. The molecule has 1 rings (SSSR count). The molecule has 0 atom stereocenters. The van der Waals surface area contributed by atoms with Gasteiger partial charge >= 0.3 is 0 Å².